The first kappa shape index (κ1) is 21.8. The second-order valence-corrected chi connectivity index (χ2v) is 9.54. The van der Waals surface area contributed by atoms with E-state index in [1.165, 1.54) is 24.2 Å². The Morgan fingerprint density at radius 2 is 1.86 bits per heavy atom. The van der Waals surface area contributed by atoms with Crippen LogP contribution in [0.15, 0.2) is 40.2 Å². The Morgan fingerprint density at radius 3 is 2.45 bits per heavy atom. The standard InChI is InChI=1S/C21H26BrN3O3S/c1-14(24-21(27)18-9-10-19(22)29-18)20(26)23-13-17(25-11-3-4-12-25)15-5-7-16(28-2)8-6-15/h5-10,14,17H,3-4,11-13H2,1-2H3,(H,23,26)(H,24,27). The van der Waals surface area contributed by atoms with Gasteiger partial charge in [-0.2, -0.15) is 0 Å². The fourth-order valence-corrected chi connectivity index (χ4v) is 4.75. The predicted molar refractivity (Wildman–Crippen MR) is 118 cm³/mol. The largest absolute Gasteiger partial charge is 0.497 e. The van der Waals surface area contributed by atoms with Gasteiger partial charge in [0.25, 0.3) is 5.91 Å². The minimum absolute atomic E-state index is 0.100. The molecule has 2 unspecified atom stereocenters. The lowest BCUT2D eigenvalue weighted by Crippen LogP contribution is -2.47. The zero-order chi connectivity index (χ0) is 20.8. The third-order valence-corrected chi connectivity index (χ3v) is 6.71. The molecule has 156 valence electrons. The second kappa shape index (κ2) is 10.2. The van der Waals surface area contributed by atoms with Crippen LogP contribution in [0.5, 0.6) is 5.75 Å². The van der Waals surface area contributed by atoms with Crippen LogP contribution in [-0.2, 0) is 4.79 Å². The van der Waals surface area contributed by atoms with Gasteiger partial charge >= 0.3 is 0 Å². The van der Waals surface area contributed by atoms with Crippen LogP contribution in [0.1, 0.15) is 41.0 Å². The van der Waals surface area contributed by atoms with E-state index in [2.05, 4.69) is 31.5 Å². The molecule has 3 rings (SSSR count). The maximum absolute atomic E-state index is 12.6. The van der Waals surface area contributed by atoms with Crippen LogP contribution in [-0.4, -0.2) is 49.5 Å². The van der Waals surface area contributed by atoms with E-state index >= 15 is 0 Å². The molecule has 1 aliphatic rings. The molecule has 2 heterocycles. The summed E-state index contributed by atoms with van der Waals surface area (Å²) in [7, 11) is 1.65. The molecule has 6 nitrogen and oxygen atoms in total. The van der Waals surface area contributed by atoms with Crippen molar-refractivity contribution >= 4 is 39.1 Å². The number of rotatable bonds is 8. The minimum atomic E-state index is -0.613. The van der Waals surface area contributed by atoms with Crippen molar-refractivity contribution in [1.82, 2.24) is 15.5 Å². The van der Waals surface area contributed by atoms with Gasteiger partial charge in [-0.1, -0.05) is 12.1 Å². The molecule has 2 amide bonds. The normalized spacial score (nSPS) is 16.2. The summed E-state index contributed by atoms with van der Waals surface area (Å²) in [6.07, 6.45) is 2.34. The zero-order valence-corrected chi connectivity index (χ0v) is 19.0. The molecule has 0 saturated carbocycles. The molecule has 1 aromatic carbocycles. The highest BCUT2D eigenvalue weighted by Gasteiger charge is 2.25. The number of ether oxygens (including phenoxy) is 1. The monoisotopic (exact) mass is 479 g/mol. The number of likely N-dealkylation sites (tertiary alicyclic amines) is 1. The molecule has 2 atom stereocenters. The van der Waals surface area contributed by atoms with E-state index in [0.717, 1.165) is 28.2 Å². The van der Waals surface area contributed by atoms with Crippen LogP contribution in [0.4, 0.5) is 0 Å². The number of nitrogens with one attached hydrogen (secondary N) is 2. The molecule has 8 heteroatoms. The average Bonchev–Trinajstić information content (AvgIpc) is 3.40. The summed E-state index contributed by atoms with van der Waals surface area (Å²) in [6, 6.07) is 11.0. The first-order chi connectivity index (χ1) is 14.0. The smallest absolute Gasteiger partial charge is 0.262 e. The molecule has 1 aliphatic heterocycles. The molecule has 1 aromatic heterocycles. The molecule has 2 aromatic rings. The predicted octanol–water partition coefficient (Wildman–Crippen LogP) is 3.59. The van der Waals surface area contributed by atoms with Crippen molar-refractivity contribution in [1.29, 1.82) is 0 Å². The Kier molecular flexibility index (Phi) is 7.69. The molecule has 1 fully saturated rings. The van der Waals surface area contributed by atoms with Crippen molar-refractivity contribution in [3.63, 3.8) is 0 Å². The van der Waals surface area contributed by atoms with E-state index in [-0.39, 0.29) is 17.9 Å². The maximum Gasteiger partial charge on any atom is 0.262 e. The summed E-state index contributed by atoms with van der Waals surface area (Å²) in [6.45, 7) is 4.24. The Labute approximate surface area is 183 Å². The Hall–Kier alpha value is -1.90. The van der Waals surface area contributed by atoms with Crippen molar-refractivity contribution in [2.45, 2.75) is 31.8 Å². The topological polar surface area (TPSA) is 70.7 Å². The summed E-state index contributed by atoms with van der Waals surface area (Å²) in [4.78, 5) is 27.8. The molecule has 0 aliphatic carbocycles. The zero-order valence-electron chi connectivity index (χ0n) is 16.6. The third kappa shape index (κ3) is 5.81. The number of amides is 2. The van der Waals surface area contributed by atoms with Crippen LogP contribution in [0.3, 0.4) is 0 Å². The van der Waals surface area contributed by atoms with Gasteiger partial charge in [0.15, 0.2) is 0 Å². The average molecular weight is 480 g/mol. The van der Waals surface area contributed by atoms with Gasteiger partial charge in [-0.05, 0) is 78.6 Å². The molecule has 0 bridgehead atoms. The molecule has 1 saturated heterocycles. The first-order valence-electron chi connectivity index (χ1n) is 9.70. The lowest BCUT2D eigenvalue weighted by molar-refractivity contribution is -0.122. The fraction of sp³-hybridized carbons (Fsp3) is 0.429. The van der Waals surface area contributed by atoms with Crippen molar-refractivity contribution in [3.8, 4) is 5.75 Å². The van der Waals surface area contributed by atoms with Gasteiger partial charge in [0.1, 0.15) is 11.8 Å². The van der Waals surface area contributed by atoms with E-state index in [1.807, 2.05) is 30.3 Å². The van der Waals surface area contributed by atoms with Crippen LogP contribution in [0.2, 0.25) is 0 Å². The number of methoxy groups -OCH3 is 1. The number of nitrogens with zero attached hydrogens (tertiary/aromatic N) is 1. The van der Waals surface area contributed by atoms with Crippen LogP contribution in [0, 0.1) is 0 Å². The van der Waals surface area contributed by atoms with Crippen molar-refractivity contribution < 1.29 is 14.3 Å². The van der Waals surface area contributed by atoms with Gasteiger partial charge < -0.3 is 15.4 Å². The third-order valence-electron chi connectivity index (χ3n) is 5.09. The van der Waals surface area contributed by atoms with Crippen LogP contribution < -0.4 is 15.4 Å². The fourth-order valence-electron chi connectivity index (χ4n) is 3.46. The molecular formula is C21H26BrN3O3S. The Balaban J connectivity index is 1.60. The lowest BCUT2D eigenvalue weighted by atomic mass is 10.0. The molecule has 29 heavy (non-hydrogen) atoms. The lowest BCUT2D eigenvalue weighted by Gasteiger charge is -2.29. The number of carbonyl (C=O) groups excluding carboxylic acids is 2. The van der Waals surface area contributed by atoms with Crippen LogP contribution >= 0.6 is 27.3 Å². The van der Waals surface area contributed by atoms with Crippen molar-refractivity contribution in [3.05, 3.63) is 50.6 Å². The maximum atomic E-state index is 12.6. The summed E-state index contributed by atoms with van der Waals surface area (Å²) in [5.74, 6) is 0.385. The number of thiophene rings is 1. The number of hydrogen-bond donors (Lipinski definition) is 2. The van der Waals surface area contributed by atoms with Gasteiger partial charge in [0, 0.05) is 6.54 Å². The van der Waals surface area contributed by atoms with Crippen molar-refractivity contribution in [2.24, 2.45) is 0 Å². The van der Waals surface area contributed by atoms with E-state index in [4.69, 9.17) is 4.74 Å². The second-order valence-electron chi connectivity index (χ2n) is 7.08. The highest BCUT2D eigenvalue weighted by Crippen LogP contribution is 2.26. The summed E-state index contributed by atoms with van der Waals surface area (Å²) < 4.78 is 6.14. The minimum Gasteiger partial charge on any atom is -0.497 e. The van der Waals surface area contributed by atoms with Gasteiger partial charge in [-0.3, -0.25) is 14.5 Å². The van der Waals surface area contributed by atoms with E-state index in [1.54, 1.807) is 20.1 Å². The van der Waals surface area contributed by atoms with Gasteiger partial charge in [0.05, 0.1) is 21.8 Å². The highest BCUT2D eigenvalue weighted by molar-refractivity contribution is 9.11. The van der Waals surface area contributed by atoms with Gasteiger partial charge in [0.2, 0.25) is 5.91 Å². The van der Waals surface area contributed by atoms with E-state index in [9.17, 15) is 9.59 Å². The summed E-state index contributed by atoms with van der Waals surface area (Å²) in [5.41, 5.74) is 1.15. The summed E-state index contributed by atoms with van der Waals surface area (Å²) >= 11 is 4.69. The summed E-state index contributed by atoms with van der Waals surface area (Å²) in [5, 5.41) is 5.78. The number of carbonyl (C=O) groups is 2. The SMILES string of the molecule is COc1ccc(C(CNC(=O)C(C)NC(=O)c2ccc(Br)s2)N2CCCC2)cc1. The number of benzene rings is 1. The van der Waals surface area contributed by atoms with E-state index in [0.29, 0.717) is 11.4 Å². The molecular weight excluding hydrogens is 454 g/mol. The Bertz CT molecular complexity index is 834. The number of hydrogen-bond acceptors (Lipinski definition) is 5. The van der Waals surface area contributed by atoms with Gasteiger partial charge in [-0.15, -0.1) is 11.3 Å². The van der Waals surface area contributed by atoms with Crippen LogP contribution in [0.25, 0.3) is 0 Å². The quantitative estimate of drug-likeness (QED) is 0.606. The van der Waals surface area contributed by atoms with Crippen molar-refractivity contribution in [2.75, 3.05) is 26.7 Å². The molecule has 0 spiro atoms. The molecule has 2 N–H and O–H groups in total. The first-order valence-corrected chi connectivity index (χ1v) is 11.3. The highest BCUT2D eigenvalue weighted by atomic mass is 79.9. The number of halogens is 1. The Morgan fingerprint density at radius 1 is 1.17 bits per heavy atom. The van der Waals surface area contributed by atoms with Gasteiger partial charge in [-0.25, -0.2) is 0 Å². The molecule has 0 radical (unpaired) electrons. The van der Waals surface area contributed by atoms with E-state index < -0.39 is 6.04 Å².